The van der Waals surface area contributed by atoms with E-state index in [9.17, 15) is 9.59 Å². The van der Waals surface area contributed by atoms with E-state index in [1.165, 1.54) is 22.3 Å². The van der Waals surface area contributed by atoms with E-state index in [2.05, 4.69) is 102 Å². The van der Waals surface area contributed by atoms with Crippen LogP contribution in [0.5, 0.6) is 0 Å². The SMILES string of the molecule is CCN(C(=O)CCc1ccc(C)cc1)C(C)(C)CCCC(C)(CC)NC(=O)CCCc1ccc(C)cc1. The van der Waals surface area contributed by atoms with Crippen molar-refractivity contribution in [3.05, 3.63) is 70.8 Å². The summed E-state index contributed by atoms with van der Waals surface area (Å²) in [6.07, 6.45) is 7.32. The summed E-state index contributed by atoms with van der Waals surface area (Å²) in [6, 6.07) is 17.0. The molecule has 204 valence electrons. The second kappa shape index (κ2) is 14.4. The average Bonchev–Trinajstić information content (AvgIpc) is 2.85. The lowest BCUT2D eigenvalue weighted by Gasteiger charge is -2.39. The Bertz CT molecular complexity index is 978. The van der Waals surface area contributed by atoms with Crippen LogP contribution in [0.4, 0.5) is 0 Å². The zero-order chi connectivity index (χ0) is 27.5. The summed E-state index contributed by atoms with van der Waals surface area (Å²) in [5.41, 5.74) is 4.56. The molecule has 37 heavy (non-hydrogen) atoms. The van der Waals surface area contributed by atoms with Crippen LogP contribution in [-0.2, 0) is 22.4 Å². The van der Waals surface area contributed by atoms with Crippen LogP contribution in [-0.4, -0.2) is 34.3 Å². The Kier molecular flexibility index (Phi) is 11.9. The van der Waals surface area contributed by atoms with Crippen molar-refractivity contribution in [1.82, 2.24) is 10.2 Å². The summed E-state index contributed by atoms with van der Waals surface area (Å²) in [6.45, 7) is 15.6. The van der Waals surface area contributed by atoms with Crippen LogP contribution >= 0.6 is 0 Å². The fourth-order valence-electron chi connectivity index (χ4n) is 5.06. The van der Waals surface area contributed by atoms with Gasteiger partial charge in [0.25, 0.3) is 0 Å². The van der Waals surface area contributed by atoms with Crippen molar-refractivity contribution in [1.29, 1.82) is 0 Å². The van der Waals surface area contributed by atoms with Gasteiger partial charge in [0, 0.05) is 30.5 Å². The van der Waals surface area contributed by atoms with E-state index in [0.29, 0.717) is 19.4 Å². The van der Waals surface area contributed by atoms with Gasteiger partial charge in [-0.15, -0.1) is 0 Å². The molecule has 2 amide bonds. The maximum absolute atomic E-state index is 13.1. The topological polar surface area (TPSA) is 49.4 Å². The third kappa shape index (κ3) is 10.3. The summed E-state index contributed by atoms with van der Waals surface area (Å²) in [7, 11) is 0. The number of carbonyl (C=O) groups is 2. The van der Waals surface area contributed by atoms with Gasteiger partial charge in [-0.05, 0) is 97.6 Å². The third-order valence-electron chi connectivity index (χ3n) is 7.82. The molecule has 4 nitrogen and oxygen atoms in total. The first-order valence-electron chi connectivity index (χ1n) is 14.2. The van der Waals surface area contributed by atoms with Crippen molar-refractivity contribution in [2.75, 3.05) is 6.54 Å². The summed E-state index contributed by atoms with van der Waals surface area (Å²) in [5.74, 6) is 0.352. The van der Waals surface area contributed by atoms with E-state index < -0.39 is 0 Å². The normalized spacial score (nSPS) is 13.2. The minimum Gasteiger partial charge on any atom is -0.351 e. The van der Waals surface area contributed by atoms with Gasteiger partial charge >= 0.3 is 0 Å². The standard InChI is InChI=1S/C33H50N2O2/c1-8-33(7,34-30(36)13-10-12-28-18-14-26(3)15-19-28)25-11-24-32(5,6)35(9-2)31(37)23-22-29-20-16-27(4)17-21-29/h14-21H,8-13,22-25H2,1-7H3,(H,34,36). The Labute approximate surface area is 226 Å². The van der Waals surface area contributed by atoms with Crippen molar-refractivity contribution in [3.63, 3.8) is 0 Å². The van der Waals surface area contributed by atoms with E-state index in [1.807, 2.05) is 4.90 Å². The second-order valence-electron chi connectivity index (χ2n) is 11.6. The van der Waals surface area contributed by atoms with Gasteiger partial charge in [0.1, 0.15) is 0 Å². The molecule has 0 aliphatic rings. The molecular formula is C33H50N2O2. The molecule has 0 spiro atoms. The third-order valence-corrected chi connectivity index (χ3v) is 7.82. The highest BCUT2D eigenvalue weighted by atomic mass is 16.2. The van der Waals surface area contributed by atoms with Crippen molar-refractivity contribution in [3.8, 4) is 0 Å². The average molecular weight is 507 g/mol. The first-order chi connectivity index (χ1) is 17.5. The molecule has 1 N–H and O–H groups in total. The maximum Gasteiger partial charge on any atom is 0.223 e. The fourth-order valence-corrected chi connectivity index (χ4v) is 5.06. The number of rotatable bonds is 15. The molecule has 0 aliphatic heterocycles. The Morgan fingerprint density at radius 2 is 1.30 bits per heavy atom. The van der Waals surface area contributed by atoms with Crippen LogP contribution in [0.1, 0.15) is 102 Å². The van der Waals surface area contributed by atoms with Gasteiger partial charge in [0.2, 0.25) is 11.8 Å². The van der Waals surface area contributed by atoms with Crippen LogP contribution in [0, 0.1) is 13.8 Å². The number of aryl methyl sites for hydroxylation is 4. The van der Waals surface area contributed by atoms with Gasteiger partial charge in [0.15, 0.2) is 0 Å². The van der Waals surface area contributed by atoms with Crippen LogP contribution in [0.25, 0.3) is 0 Å². The molecule has 1 atom stereocenters. The predicted octanol–water partition coefficient (Wildman–Crippen LogP) is 7.34. The van der Waals surface area contributed by atoms with Gasteiger partial charge in [0.05, 0.1) is 0 Å². The van der Waals surface area contributed by atoms with Crippen molar-refractivity contribution < 1.29 is 9.59 Å². The molecule has 1 unspecified atom stereocenters. The largest absolute Gasteiger partial charge is 0.351 e. The van der Waals surface area contributed by atoms with Crippen LogP contribution < -0.4 is 5.32 Å². The van der Waals surface area contributed by atoms with E-state index in [1.54, 1.807) is 0 Å². The number of carbonyl (C=O) groups excluding carboxylic acids is 2. The molecule has 0 radical (unpaired) electrons. The molecular weight excluding hydrogens is 456 g/mol. The number of hydrogen-bond donors (Lipinski definition) is 1. The molecule has 2 aromatic carbocycles. The zero-order valence-electron chi connectivity index (χ0n) is 24.5. The molecule has 0 aliphatic carbocycles. The lowest BCUT2D eigenvalue weighted by molar-refractivity contribution is -0.136. The van der Waals surface area contributed by atoms with Crippen molar-refractivity contribution >= 4 is 11.8 Å². The van der Waals surface area contributed by atoms with Gasteiger partial charge in [-0.3, -0.25) is 9.59 Å². The summed E-state index contributed by atoms with van der Waals surface area (Å²) < 4.78 is 0. The van der Waals surface area contributed by atoms with E-state index in [4.69, 9.17) is 0 Å². The van der Waals surface area contributed by atoms with E-state index in [0.717, 1.165) is 44.9 Å². The highest BCUT2D eigenvalue weighted by molar-refractivity contribution is 5.77. The molecule has 0 aromatic heterocycles. The van der Waals surface area contributed by atoms with E-state index >= 15 is 0 Å². The molecule has 0 fully saturated rings. The molecule has 0 bridgehead atoms. The molecule has 0 saturated heterocycles. The van der Waals surface area contributed by atoms with Crippen LogP contribution in [0.3, 0.4) is 0 Å². The quantitative estimate of drug-likeness (QED) is 0.275. The maximum atomic E-state index is 13.1. The lowest BCUT2D eigenvalue weighted by atomic mass is 9.87. The first-order valence-corrected chi connectivity index (χ1v) is 14.2. The van der Waals surface area contributed by atoms with Gasteiger partial charge in [-0.2, -0.15) is 0 Å². The molecule has 0 heterocycles. The number of benzene rings is 2. The molecule has 2 aromatic rings. The first kappa shape index (κ1) is 30.6. The lowest BCUT2D eigenvalue weighted by Crippen LogP contribution is -2.49. The van der Waals surface area contributed by atoms with Crippen molar-refractivity contribution in [2.45, 2.75) is 117 Å². The van der Waals surface area contributed by atoms with Crippen LogP contribution in [0.15, 0.2) is 48.5 Å². The Hall–Kier alpha value is -2.62. The predicted molar refractivity (Wildman–Crippen MR) is 156 cm³/mol. The molecule has 4 heteroatoms. The number of amides is 2. The second-order valence-corrected chi connectivity index (χ2v) is 11.6. The van der Waals surface area contributed by atoms with Gasteiger partial charge < -0.3 is 10.2 Å². The Morgan fingerprint density at radius 3 is 1.81 bits per heavy atom. The number of nitrogens with one attached hydrogen (secondary N) is 1. The Morgan fingerprint density at radius 1 is 0.757 bits per heavy atom. The highest BCUT2D eigenvalue weighted by Gasteiger charge is 2.31. The summed E-state index contributed by atoms with van der Waals surface area (Å²) >= 11 is 0. The van der Waals surface area contributed by atoms with Crippen molar-refractivity contribution in [2.24, 2.45) is 0 Å². The van der Waals surface area contributed by atoms with Gasteiger partial charge in [-0.25, -0.2) is 0 Å². The Balaban J connectivity index is 1.81. The fraction of sp³-hybridized carbons (Fsp3) is 0.576. The van der Waals surface area contributed by atoms with Crippen LogP contribution in [0.2, 0.25) is 0 Å². The minimum atomic E-state index is -0.219. The molecule has 0 saturated carbocycles. The highest BCUT2D eigenvalue weighted by Crippen LogP contribution is 2.27. The zero-order valence-corrected chi connectivity index (χ0v) is 24.5. The van der Waals surface area contributed by atoms with E-state index in [-0.39, 0.29) is 22.9 Å². The number of hydrogen-bond acceptors (Lipinski definition) is 2. The summed E-state index contributed by atoms with van der Waals surface area (Å²) in [5, 5.41) is 3.31. The summed E-state index contributed by atoms with van der Waals surface area (Å²) in [4.78, 5) is 27.9. The monoisotopic (exact) mass is 506 g/mol. The smallest absolute Gasteiger partial charge is 0.223 e. The number of nitrogens with zero attached hydrogens (tertiary/aromatic N) is 1. The van der Waals surface area contributed by atoms with Gasteiger partial charge in [-0.1, -0.05) is 66.6 Å². The molecule has 2 rings (SSSR count). The minimum absolute atomic E-state index is 0.136.